The summed E-state index contributed by atoms with van der Waals surface area (Å²) >= 11 is 0. The van der Waals surface area contributed by atoms with E-state index in [0.717, 1.165) is 17.5 Å². The van der Waals surface area contributed by atoms with Gasteiger partial charge >= 0.3 is 5.97 Å². The summed E-state index contributed by atoms with van der Waals surface area (Å²) in [5, 5.41) is 0.547. The van der Waals surface area contributed by atoms with Crippen LogP contribution in [0, 0.1) is 0 Å². The van der Waals surface area contributed by atoms with Gasteiger partial charge in [0.05, 0.1) is 12.1 Å². The number of rotatable bonds is 3. The summed E-state index contributed by atoms with van der Waals surface area (Å²) in [5.74, 6) is -0.565. The van der Waals surface area contributed by atoms with Gasteiger partial charge in [0.15, 0.2) is 0 Å². The number of benzene rings is 1. The number of esters is 1. The Kier molecular flexibility index (Phi) is 3.69. The maximum absolute atomic E-state index is 12.3. The number of fused-ring (bicyclic) bond motifs is 1. The van der Waals surface area contributed by atoms with Crippen molar-refractivity contribution in [3.63, 3.8) is 0 Å². The molecule has 0 unspecified atom stereocenters. The van der Waals surface area contributed by atoms with Crippen LogP contribution in [0.4, 0.5) is 0 Å². The Morgan fingerprint density at radius 3 is 2.68 bits per heavy atom. The lowest BCUT2D eigenvalue weighted by molar-refractivity contribution is 0.0524. The topological polar surface area (TPSA) is 48.3 Å². The summed E-state index contributed by atoms with van der Waals surface area (Å²) in [6.07, 6.45) is 2.45. The lowest BCUT2D eigenvalue weighted by Crippen LogP contribution is -2.20. The SMILES string of the molecule is CCOC(=O)c1cn(C)c2cc(CC)ccc2c1=O. The summed E-state index contributed by atoms with van der Waals surface area (Å²) < 4.78 is 6.70. The van der Waals surface area contributed by atoms with E-state index in [4.69, 9.17) is 4.74 Å². The lowest BCUT2D eigenvalue weighted by atomic mass is 10.1. The van der Waals surface area contributed by atoms with E-state index in [1.807, 2.05) is 19.2 Å². The van der Waals surface area contributed by atoms with Gasteiger partial charge in [-0.1, -0.05) is 13.0 Å². The van der Waals surface area contributed by atoms with Gasteiger partial charge in [0.25, 0.3) is 0 Å². The van der Waals surface area contributed by atoms with Gasteiger partial charge < -0.3 is 9.30 Å². The standard InChI is InChI=1S/C15H17NO3/c1-4-10-6-7-11-13(8-10)16(3)9-12(14(11)17)15(18)19-5-2/h6-9H,4-5H2,1-3H3. The molecule has 0 aliphatic carbocycles. The number of carbonyl (C=O) groups is 1. The molecular formula is C15H17NO3. The fourth-order valence-electron chi connectivity index (χ4n) is 2.10. The Bertz CT molecular complexity index is 686. The maximum Gasteiger partial charge on any atom is 0.343 e. The minimum absolute atomic E-state index is 0.0844. The van der Waals surface area contributed by atoms with Crippen molar-refractivity contribution in [1.82, 2.24) is 4.57 Å². The van der Waals surface area contributed by atoms with E-state index in [-0.39, 0.29) is 17.6 Å². The zero-order valence-corrected chi connectivity index (χ0v) is 11.4. The highest BCUT2D eigenvalue weighted by atomic mass is 16.5. The van der Waals surface area contributed by atoms with Crippen LogP contribution in [0.25, 0.3) is 10.9 Å². The molecular weight excluding hydrogens is 242 g/mol. The first-order valence-electron chi connectivity index (χ1n) is 6.37. The third kappa shape index (κ3) is 2.38. The van der Waals surface area contributed by atoms with Gasteiger partial charge in [0.2, 0.25) is 5.43 Å². The van der Waals surface area contributed by atoms with Crippen molar-refractivity contribution in [2.45, 2.75) is 20.3 Å². The van der Waals surface area contributed by atoms with Gasteiger partial charge in [-0.05, 0) is 31.0 Å². The minimum atomic E-state index is -0.565. The first kappa shape index (κ1) is 13.3. The molecule has 0 aliphatic rings. The fourth-order valence-corrected chi connectivity index (χ4v) is 2.10. The van der Waals surface area contributed by atoms with E-state index in [2.05, 4.69) is 6.92 Å². The van der Waals surface area contributed by atoms with Crippen LogP contribution in [-0.4, -0.2) is 17.1 Å². The predicted molar refractivity (Wildman–Crippen MR) is 74.5 cm³/mol. The molecule has 0 saturated heterocycles. The number of aromatic nitrogens is 1. The molecule has 0 saturated carbocycles. The number of hydrogen-bond donors (Lipinski definition) is 0. The van der Waals surface area contributed by atoms with E-state index in [0.29, 0.717) is 5.39 Å². The summed E-state index contributed by atoms with van der Waals surface area (Å²) in [5.41, 5.74) is 1.80. The van der Waals surface area contributed by atoms with Gasteiger partial charge in [-0.15, -0.1) is 0 Å². The first-order chi connectivity index (χ1) is 9.08. The van der Waals surface area contributed by atoms with Crippen molar-refractivity contribution in [3.8, 4) is 0 Å². The van der Waals surface area contributed by atoms with Gasteiger partial charge in [-0.25, -0.2) is 4.79 Å². The Balaban J connectivity index is 2.69. The molecule has 0 N–H and O–H groups in total. The van der Waals surface area contributed by atoms with Crippen molar-refractivity contribution in [1.29, 1.82) is 0 Å². The fraction of sp³-hybridized carbons (Fsp3) is 0.333. The second kappa shape index (κ2) is 5.26. The number of ether oxygens (including phenoxy) is 1. The summed E-state index contributed by atoms with van der Waals surface area (Å²) in [7, 11) is 1.82. The number of aryl methyl sites for hydroxylation is 2. The largest absolute Gasteiger partial charge is 0.462 e. The van der Waals surface area contributed by atoms with Crippen molar-refractivity contribution < 1.29 is 9.53 Å². The highest BCUT2D eigenvalue weighted by Crippen LogP contribution is 2.14. The lowest BCUT2D eigenvalue weighted by Gasteiger charge is -2.09. The number of hydrogen-bond acceptors (Lipinski definition) is 3. The van der Waals surface area contributed by atoms with E-state index < -0.39 is 5.97 Å². The molecule has 2 aromatic rings. The molecule has 4 heteroatoms. The summed E-state index contributed by atoms with van der Waals surface area (Å²) in [4.78, 5) is 24.0. The monoisotopic (exact) mass is 259 g/mol. The maximum atomic E-state index is 12.3. The van der Waals surface area contributed by atoms with Crippen molar-refractivity contribution in [2.24, 2.45) is 7.05 Å². The van der Waals surface area contributed by atoms with Crippen LogP contribution in [0.2, 0.25) is 0 Å². The van der Waals surface area contributed by atoms with Crippen molar-refractivity contribution in [2.75, 3.05) is 6.61 Å². The average molecular weight is 259 g/mol. The molecule has 0 bridgehead atoms. The molecule has 1 heterocycles. The normalized spacial score (nSPS) is 10.7. The van der Waals surface area contributed by atoms with Gasteiger partial charge in [-0.3, -0.25) is 4.79 Å². The van der Waals surface area contributed by atoms with Crippen LogP contribution in [0.15, 0.2) is 29.2 Å². The molecule has 2 rings (SSSR count). The number of pyridine rings is 1. The van der Waals surface area contributed by atoms with Crippen molar-refractivity contribution in [3.05, 3.63) is 45.7 Å². The van der Waals surface area contributed by atoms with E-state index in [9.17, 15) is 9.59 Å². The molecule has 100 valence electrons. The Hall–Kier alpha value is -2.10. The zero-order chi connectivity index (χ0) is 14.0. The molecule has 0 atom stereocenters. The Morgan fingerprint density at radius 2 is 2.05 bits per heavy atom. The van der Waals surface area contributed by atoms with Crippen LogP contribution in [0.1, 0.15) is 29.8 Å². The molecule has 0 radical (unpaired) electrons. The minimum Gasteiger partial charge on any atom is -0.462 e. The predicted octanol–water partition coefficient (Wildman–Crippen LogP) is 2.28. The van der Waals surface area contributed by atoms with Gasteiger partial charge in [0, 0.05) is 18.6 Å². The third-order valence-electron chi connectivity index (χ3n) is 3.16. The van der Waals surface area contributed by atoms with Crippen LogP contribution in [0.5, 0.6) is 0 Å². The number of nitrogens with zero attached hydrogens (tertiary/aromatic N) is 1. The molecule has 4 nitrogen and oxygen atoms in total. The average Bonchev–Trinajstić information content (AvgIpc) is 2.42. The van der Waals surface area contributed by atoms with Crippen LogP contribution in [-0.2, 0) is 18.2 Å². The Labute approximate surface area is 111 Å². The molecule has 0 spiro atoms. The first-order valence-corrected chi connectivity index (χ1v) is 6.37. The quantitative estimate of drug-likeness (QED) is 0.794. The Morgan fingerprint density at radius 1 is 1.32 bits per heavy atom. The molecule has 0 aliphatic heterocycles. The molecule has 0 amide bonds. The van der Waals surface area contributed by atoms with Gasteiger partial charge in [-0.2, -0.15) is 0 Å². The van der Waals surface area contributed by atoms with Crippen LogP contribution < -0.4 is 5.43 Å². The summed E-state index contributed by atoms with van der Waals surface area (Å²) in [6.45, 7) is 4.04. The zero-order valence-electron chi connectivity index (χ0n) is 11.4. The molecule has 19 heavy (non-hydrogen) atoms. The smallest absolute Gasteiger partial charge is 0.343 e. The molecule has 1 aromatic carbocycles. The number of carbonyl (C=O) groups excluding carboxylic acids is 1. The molecule has 0 fully saturated rings. The summed E-state index contributed by atoms with van der Waals surface area (Å²) in [6, 6.07) is 5.67. The second-order valence-corrected chi connectivity index (χ2v) is 4.41. The second-order valence-electron chi connectivity index (χ2n) is 4.41. The highest BCUT2D eigenvalue weighted by molar-refractivity contribution is 5.93. The third-order valence-corrected chi connectivity index (χ3v) is 3.16. The van der Waals surface area contributed by atoms with E-state index in [1.54, 1.807) is 23.8 Å². The van der Waals surface area contributed by atoms with Crippen LogP contribution in [0.3, 0.4) is 0 Å². The molecule has 1 aromatic heterocycles. The highest BCUT2D eigenvalue weighted by Gasteiger charge is 2.15. The van der Waals surface area contributed by atoms with Crippen molar-refractivity contribution >= 4 is 16.9 Å². The van der Waals surface area contributed by atoms with Crippen LogP contribution >= 0.6 is 0 Å². The van der Waals surface area contributed by atoms with E-state index >= 15 is 0 Å². The van der Waals surface area contributed by atoms with Gasteiger partial charge in [0.1, 0.15) is 5.56 Å². The van der Waals surface area contributed by atoms with E-state index in [1.165, 1.54) is 0 Å².